The first-order chi connectivity index (χ1) is 5.59. The maximum Gasteiger partial charge on any atom is 0.394 e. The Kier molecular flexibility index (Phi) is 4.08. The zero-order valence-electron chi connectivity index (χ0n) is 6.05. The van der Waals surface area contributed by atoms with Gasteiger partial charge in [-0.15, -0.1) is 22.6 Å². The number of nitrogens with one attached hydrogen (secondary N) is 1. The van der Waals surface area contributed by atoms with Crippen molar-refractivity contribution in [1.82, 2.24) is 10.2 Å². The van der Waals surface area contributed by atoms with Crippen molar-refractivity contribution in [3.05, 3.63) is 0 Å². The number of anilines is 2. The Labute approximate surface area is 82.4 Å². The maximum atomic E-state index is 10.5. The number of aliphatic carboxylic acids is 1. The Morgan fingerprint density at radius 3 is 2.46 bits per heavy atom. The predicted octanol–water partition coefficient (Wildman–Crippen LogP) is -0.435. The van der Waals surface area contributed by atoms with E-state index in [0.717, 1.165) is 11.3 Å². The van der Waals surface area contributed by atoms with Gasteiger partial charge in [0.15, 0.2) is 0 Å². The van der Waals surface area contributed by atoms with E-state index in [-0.39, 0.29) is 22.7 Å². The van der Waals surface area contributed by atoms with Crippen LogP contribution in [-0.2, 0) is 9.59 Å². The lowest BCUT2D eigenvalue weighted by Gasteiger charge is -1.92. The summed E-state index contributed by atoms with van der Waals surface area (Å²) >= 11 is 0.894. The molecule has 0 bridgehead atoms. The van der Waals surface area contributed by atoms with Gasteiger partial charge in [0.05, 0.1) is 0 Å². The Hall–Kier alpha value is -1.41. The molecule has 13 heavy (non-hydrogen) atoms. The van der Waals surface area contributed by atoms with Gasteiger partial charge in [0.2, 0.25) is 10.3 Å². The lowest BCUT2D eigenvalue weighted by molar-refractivity contribution is -0.147. The predicted molar refractivity (Wildman–Crippen MR) is 47.8 cm³/mol. The average molecular weight is 225 g/mol. The van der Waals surface area contributed by atoms with Crippen LogP contribution in [0.25, 0.3) is 0 Å². The molecule has 0 saturated carbocycles. The highest BCUT2D eigenvalue weighted by Gasteiger charge is 2.13. The highest BCUT2D eigenvalue weighted by molar-refractivity contribution is 7.19. The Balaban J connectivity index is 0.00000144. The number of carboxylic acid groups (broad SMARTS) is 1. The van der Waals surface area contributed by atoms with Crippen LogP contribution in [0, 0.1) is 0 Å². The summed E-state index contributed by atoms with van der Waals surface area (Å²) in [6.45, 7) is 0. The van der Waals surface area contributed by atoms with E-state index >= 15 is 0 Å². The molecule has 7 nitrogen and oxygen atoms in total. The Bertz CT molecular complexity index is 327. The summed E-state index contributed by atoms with van der Waals surface area (Å²) < 4.78 is 0. The summed E-state index contributed by atoms with van der Waals surface area (Å²) in [7, 11) is 0. The summed E-state index contributed by atoms with van der Waals surface area (Å²) in [6, 6.07) is 0. The van der Waals surface area contributed by atoms with Gasteiger partial charge >= 0.3 is 11.9 Å². The quantitative estimate of drug-likeness (QED) is 0.557. The second-order valence-electron chi connectivity index (χ2n) is 1.70. The average Bonchev–Trinajstić information content (AvgIpc) is 2.35. The van der Waals surface area contributed by atoms with E-state index in [9.17, 15) is 9.59 Å². The van der Waals surface area contributed by atoms with E-state index < -0.39 is 11.9 Å². The summed E-state index contributed by atoms with van der Waals surface area (Å²) in [5, 5.41) is 17.1. The van der Waals surface area contributed by atoms with Crippen LogP contribution in [0.1, 0.15) is 0 Å². The van der Waals surface area contributed by atoms with E-state index in [1.54, 1.807) is 0 Å². The molecule has 1 aromatic heterocycles. The smallest absolute Gasteiger partial charge is 0.394 e. The SMILES string of the molecule is Cl.Nc1nnc(NC(=O)C(=O)O)s1. The van der Waals surface area contributed by atoms with Crippen molar-refractivity contribution in [3.8, 4) is 0 Å². The molecule has 0 fully saturated rings. The molecule has 0 spiro atoms. The molecule has 0 atom stereocenters. The number of nitrogen functional groups attached to an aromatic ring is 1. The molecular weight excluding hydrogens is 220 g/mol. The Morgan fingerprint density at radius 1 is 1.46 bits per heavy atom. The molecule has 0 radical (unpaired) electrons. The fourth-order valence-electron chi connectivity index (χ4n) is 0.436. The number of hydrogen-bond donors (Lipinski definition) is 3. The van der Waals surface area contributed by atoms with Crippen molar-refractivity contribution in [2.75, 3.05) is 11.1 Å². The van der Waals surface area contributed by atoms with Gasteiger partial charge in [-0.1, -0.05) is 11.3 Å². The van der Waals surface area contributed by atoms with Crippen molar-refractivity contribution < 1.29 is 14.7 Å². The van der Waals surface area contributed by atoms with Gasteiger partial charge in [-0.05, 0) is 0 Å². The van der Waals surface area contributed by atoms with E-state index in [1.807, 2.05) is 5.32 Å². The van der Waals surface area contributed by atoms with Crippen LogP contribution >= 0.6 is 23.7 Å². The van der Waals surface area contributed by atoms with Crippen LogP contribution in [0.3, 0.4) is 0 Å². The summed E-state index contributed by atoms with van der Waals surface area (Å²) in [5.41, 5.74) is 5.18. The van der Waals surface area contributed by atoms with Gasteiger partial charge < -0.3 is 10.8 Å². The zero-order chi connectivity index (χ0) is 9.14. The van der Waals surface area contributed by atoms with Crippen molar-refractivity contribution in [3.63, 3.8) is 0 Å². The second-order valence-corrected chi connectivity index (χ2v) is 2.71. The molecular formula is C4H5ClN4O3S. The van der Waals surface area contributed by atoms with Crippen LogP contribution < -0.4 is 11.1 Å². The first kappa shape index (κ1) is 11.6. The third-order valence-electron chi connectivity index (χ3n) is 0.855. The topological polar surface area (TPSA) is 118 Å². The molecule has 0 aliphatic carbocycles. The minimum atomic E-state index is -1.58. The van der Waals surface area contributed by atoms with Crippen LogP contribution in [0.4, 0.5) is 10.3 Å². The first-order valence-electron chi connectivity index (χ1n) is 2.73. The van der Waals surface area contributed by atoms with Gasteiger partial charge in [-0.2, -0.15) is 0 Å². The fraction of sp³-hybridized carbons (Fsp3) is 0. The number of hydrogen-bond acceptors (Lipinski definition) is 6. The molecule has 1 aromatic rings. The number of amides is 1. The highest BCUT2D eigenvalue weighted by atomic mass is 35.5. The number of carbonyl (C=O) groups excluding carboxylic acids is 1. The fourth-order valence-corrected chi connectivity index (χ4v) is 0.941. The second kappa shape index (κ2) is 4.58. The molecule has 0 aromatic carbocycles. The standard InChI is InChI=1S/C4H4N4O3S.ClH/c5-3-7-8-4(12-3)6-1(9)2(10)11;/h(H2,5,7)(H,10,11)(H,6,8,9);1H. The number of rotatable bonds is 1. The molecule has 1 rings (SSSR count). The molecule has 1 heterocycles. The van der Waals surface area contributed by atoms with Crippen molar-refractivity contribution >= 4 is 45.9 Å². The third kappa shape index (κ3) is 3.22. The zero-order valence-corrected chi connectivity index (χ0v) is 7.68. The number of nitrogens with zero attached hydrogens (tertiary/aromatic N) is 2. The summed E-state index contributed by atoms with van der Waals surface area (Å²) in [6.07, 6.45) is 0. The number of carboxylic acids is 1. The van der Waals surface area contributed by atoms with Crippen molar-refractivity contribution in [1.29, 1.82) is 0 Å². The van der Waals surface area contributed by atoms with Gasteiger partial charge in [0, 0.05) is 0 Å². The number of carbonyl (C=O) groups is 2. The molecule has 0 aliphatic heterocycles. The minimum Gasteiger partial charge on any atom is -0.474 e. The Morgan fingerprint density at radius 2 is 2.08 bits per heavy atom. The molecule has 1 amide bonds. The van der Waals surface area contributed by atoms with Gasteiger partial charge in [-0.3, -0.25) is 10.1 Å². The van der Waals surface area contributed by atoms with E-state index in [2.05, 4.69) is 10.2 Å². The molecule has 0 aliphatic rings. The normalized spacial score (nSPS) is 8.62. The van der Waals surface area contributed by atoms with E-state index in [1.165, 1.54) is 0 Å². The van der Waals surface area contributed by atoms with Crippen molar-refractivity contribution in [2.45, 2.75) is 0 Å². The monoisotopic (exact) mass is 224 g/mol. The van der Waals surface area contributed by atoms with Gasteiger partial charge in [0.1, 0.15) is 0 Å². The lowest BCUT2D eigenvalue weighted by atomic mass is 10.6. The number of aromatic nitrogens is 2. The van der Waals surface area contributed by atoms with Crippen LogP contribution in [-0.4, -0.2) is 27.2 Å². The number of nitrogens with two attached hydrogens (primary N) is 1. The number of halogens is 1. The molecule has 0 unspecified atom stereocenters. The minimum absolute atomic E-state index is 0. The van der Waals surface area contributed by atoms with Crippen LogP contribution in [0.5, 0.6) is 0 Å². The highest BCUT2D eigenvalue weighted by Crippen LogP contribution is 2.15. The first-order valence-corrected chi connectivity index (χ1v) is 3.54. The van der Waals surface area contributed by atoms with Crippen LogP contribution in [0.2, 0.25) is 0 Å². The van der Waals surface area contributed by atoms with Gasteiger partial charge in [-0.25, -0.2) is 4.79 Å². The van der Waals surface area contributed by atoms with Gasteiger partial charge in [0.25, 0.3) is 0 Å². The third-order valence-corrected chi connectivity index (χ3v) is 1.52. The maximum absolute atomic E-state index is 10.5. The van der Waals surface area contributed by atoms with Crippen LogP contribution in [0.15, 0.2) is 0 Å². The summed E-state index contributed by atoms with van der Waals surface area (Å²) in [5.74, 6) is -2.74. The molecule has 72 valence electrons. The molecule has 4 N–H and O–H groups in total. The van der Waals surface area contributed by atoms with Crippen molar-refractivity contribution in [2.24, 2.45) is 0 Å². The van der Waals surface area contributed by atoms with E-state index in [0.29, 0.717) is 0 Å². The molecule has 9 heteroatoms. The van der Waals surface area contributed by atoms with E-state index in [4.69, 9.17) is 10.8 Å². The largest absolute Gasteiger partial charge is 0.474 e. The lowest BCUT2D eigenvalue weighted by Crippen LogP contribution is -2.21. The summed E-state index contributed by atoms with van der Waals surface area (Å²) in [4.78, 5) is 20.5. The molecule has 0 saturated heterocycles.